The molecule has 1 aliphatic rings. The second-order valence-electron chi connectivity index (χ2n) is 7.36. The molecular formula is C18H21N5O. The minimum Gasteiger partial charge on any atom is -0.351 e. The number of hydrogen-bond acceptors (Lipinski definition) is 3. The van der Waals surface area contributed by atoms with E-state index >= 15 is 0 Å². The van der Waals surface area contributed by atoms with Gasteiger partial charge in [0.2, 0.25) is 0 Å². The summed E-state index contributed by atoms with van der Waals surface area (Å²) in [4.78, 5) is 22.1. The molecule has 1 aliphatic heterocycles. The van der Waals surface area contributed by atoms with Crippen LogP contribution < -0.4 is 0 Å². The SMILES string of the molecule is CC(C)(C)c1ccc2[nH]c(C(=O)N3CCn4ncnc4C3)cc2c1. The zero-order chi connectivity index (χ0) is 16.9. The Labute approximate surface area is 140 Å². The van der Waals surface area contributed by atoms with Crippen LogP contribution in [0.15, 0.2) is 30.6 Å². The molecule has 1 amide bonds. The topological polar surface area (TPSA) is 66.8 Å². The fraction of sp³-hybridized carbons (Fsp3) is 0.389. The van der Waals surface area contributed by atoms with E-state index in [-0.39, 0.29) is 11.3 Å². The molecule has 6 nitrogen and oxygen atoms in total. The molecule has 3 heterocycles. The van der Waals surface area contributed by atoms with Crippen LogP contribution in [0.25, 0.3) is 10.9 Å². The summed E-state index contributed by atoms with van der Waals surface area (Å²) < 4.78 is 1.85. The summed E-state index contributed by atoms with van der Waals surface area (Å²) in [6.45, 7) is 8.42. The van der Waals surface area contributed by atoms with Crippen molar-refractivity contribution in [3.63, 3.8) is 0 Å². The van der Waals surface area contributed by atoms with Gasteiger partial charge in [0.25, 0.3) is 5.91 Å². The highest BCUT2D eigenvalue weighted by Gasteiger charge is 2.24. The first-order chi connectivity index (χ1) is 11.4. The van der Waals surface area contributed by atoms with E-state index in [1.54, 1.807) is 6.33 Å². The summed E-state index contributed by atoms with van der Waals surface area (Å²) in [6.07, 6.45) is 1.54. The quantitative estimate of drug-likeness (QED) is 0.749. The zero-order valence-electron chi connectivity index (χ0n) is 14.2. The molecule has 0 bridgehead atoms. The molecule has 24 heavy (non-hydrogen) atoms. The highest BCUT2D eigenvalue weighted by molar-refractivity contribution is 5.98. The predicted molar refractivity (Wildman–Crippen MR) is 91.8 cm³/mol. The van der Waals surface area contributed by atoms with Crippen LogP contribution in [0, 0.1) is 0 Å². The van der Waals surface area contributed by atoms with Gasteiger partial charge < -0.3 is 9.88 Å². The maximum Gasteiger partial charge on any atom is 0.270 e. The van der Waals surface area contributed by atoms with Crippen LogP contribution in [-0.2, 0) is 18.5 Å². The van der Waals surface area contributed by atoms with E-state index in [0.29, 0.717) is 25.3 Å². The fourth-order valence-electron chi connectivity index (χ4n) is 3.12. The van der Waals surface area contributed by atoms with Crippen molar-refractivity contribution in [1.82, 2.24) is 24.6 Å². The number of nitrogens with zero attached hydrogens (tertiary/aromatic N) is 4. The van der Waals surface area contributed by atoms with Crippen molar-refractivity contribution in [2.24, 2.45) is 0 Å². The summed E-state index contributed by atoms with van der Waals surface area (Å²) >= 11 is 0. The van der Waals surface area contributed by atoms with Gasteiger partial charge in [-0.3, -0.25) is 4.79 Å². The Morgan fingerprint density at radius 2 is 2.04 bits per heavy atom. The van der Waals surface area contributed by atoms with Crippen LogP contribution in [0.1, 0.15) is 42.6 Å². The number of rotatable bonds is 1. The van der Waals surface area contributed by atoms with E-state index < -0.39 is 0 Å². The number of fused-ring (bicyclic) bond motifs is 2. The standard InChI is InChI=1S/C18H21N5O/c1-18(2,3)13-4-5-14-12(8-13)9-15(21-14)17(24)22-6-7-23-16(10-22)19-11-20-23/h4-5,8-9,11,21H,6-7,10H2,1-3H3. The molecule has 0 saturated carbocycles. The molecule has 0 spiro atoms. The second-order valence-corrected chi connectivity index (χ2v) is 7.36. The molecule has 2 aromatic heterocycles. The third kappa shape index (κ3) is 2.48. The van der Waals surface area contributed by atoms with Crippen LogP contribution in [0.5, 0.6) is 0 Å². The van der Waals surface area contributed by atoms with Gasteiger partial charge in [-0.2, -0.15) is 5.10 Å². The maximum atomic E-state index is 12.8. The lowest BCUT2D eigenvalue weighted by Gasteiger charge is -2.26. The number of amides is 1. The Hall–Kier alpha value is -2.63. The number of H-pyrrole nitrogens is 1. The van der Waals surface area contributed by atoms with Gasteiger partial charge in [-0.1, -0.05) is 26.8 Å². The molecule has 0 atom stereocenters. The molecule has 1 N–H and O–H groups in total. The van der Waals surface area contributed by atoms with E-state index in [9.17, 15) is 4.79 Å². The van der Waals surface area contributed by atoms with Crippen molar-refractivity contribution in [2.45, 2.75) is 39.3 Å². The Kier molecular flexibility index (Phi) is 3.23. The molecule has 0 saturated heterocycles. The molecule has 4 rings (SSSR count). The number of aromatic nitrogens is 4. The van der Waals surface area contributed by atoms with Crippen molar-refractivity contribution in [3.05, 3.63) is 47.7 Å². The Bertz CT molecular complexity index is 915. The molecule has 0 radical (unpaired) electrons. The third-order valence-electron chi connectivity index (χ3n) is 4.61. The number of hydrogen-bond donors (Lipinski definition) is 1. The van der Waals surface area contributed by atoms with E-state index in [0.717, 1.165) is 16.7 Å². The Balaban J connectivity index is 1.63. The van der Waals surface area contributed by atoms with Crippen LogP contribution in [0.2, 0.25) is 0 Å². The molecule has 0 unspecified atom stereocenters. The van der Waals surface area contributed by atoms with E-state index in [1.807, 2.05) is 15.6 Å². The van der Waals surface area contributed by atoms with Gasteiger partial charge in [-0.25, -0.2) is 9.67 Å². The highest BCUT2D eigenvalue weighted by Crippen LogP contribution is 2.27. The van der Waals surface area contributed by atoms with Crippen LogP contribution >= 0.6 is 0 Å². The van der Waals surface area contributed by atoms with Crippen molar-refractivity contribution in [1.29, 1.82) is 0 Å². The maximum absolute atomic E-state index is 12.8. The molecule has 3 aromatic rings. The number of carbonyl (C=O) groups is 1. The fourth-order valence-corrected chi connectivity index (χ4v) is 3.12. The van der Waals surface area contributed by atoms with Crippen molar-refractivity contribution < 1.29 is 4.79 Å². The molecule has 1 aromatic carbocycles. The van der Waals surface area contributed by atoms with Gasteiger partial charge >= 0.3 is 0 Å². The van der Waals surface area contributed by atoms with Crippen molar-refractivity contribution in [2.75, 3.05) is 6.54 Å². The first-order valence-electron chi connectivity index (χ1n) is 8.21. The molecule has 0 fully saturated rings. The number of benzene rings is 1. The minimum atomic E-state index is 0.0118. The number of aromatic amines is 1. The number of nitrogens with one attached hydrogen (secondary N) is 1. The average Bonchev–Trinajstić information content (AvgIpc) is 3.18. The van der Waals surface area contributed by atoms with Crippen LogP contribution in [0.3, 0.4) is 0 Å². The lowest BCUT2D eigenvalue weighted by Crippen LogP contribution is -2.38. The van der Waals surface area contributed by atoms with Gasteiger partial charge in [0.15, 0.2) is 0 Å². The second kappa shape index (κ2) is 5.19. The van der Waals surface area contributed by atoms with Crippen LogP contribution in [0.4, 0.5) is 0 Å². The van der Waals surface area contributed by atoms with Crippen molar-refractivity contribution in [3.8, 4) is 0 Å². The summed E-state index contributed by atoms with van der Waals surface area (Å²) in [6, 6.07) is 8.29. The van der Waals surface area contributed by atoms with Crippen LogP contribution in [-0.4, -0.2) is 37.1 Å². The largest absolute Gasteiger partial charge is 0.351 e. The van der Waals surface area contributed by atoms with E-state index in [1.165, 1.54) is 5.56 Å². The minimum absolute atomic E-state index is 0.0118. The average molecular weight is 323 g/mol. The predicted octanol–water partition coefficient (Wildman–Crippen LogP) is 2.71. The third-order valence-corrected chi connectivity index (χ3v) is 4.61. The summed E-state index contributed by atoms with van der Waals surface area (Å²) in [5.74, 6) is 0.846. The Morgan fingerprint density at radius 1 is 1.21 bits per heavy atom. The zero-order valence-corrected chi connectivity index (χ0v) is 14.2. The monoisotopic (exact) mass is 323 g/mol. The van der Waals surface area contributed by atoms with Gasteiger partial charge in [0, 0.05) is 17.4 Å². The van der Waals surface area contributed by atoms with Gasteiger partial charge in [0.1, 0.15) is 17.8 Å². The lowest BCUT2D eigenvalue weighted by molar-refractivity contribution is 0.0697. The van der Waals surface area contributed by atoms with Gasteiger partial charge in [-0.05, 0) is 29.2 Å². The molecule has 6 heteroatoms. The Morgan fingerprint density at radius 3 is 2.83 bits per heavy atom. The van der Waals surface area contributed by atoms with E-state index in [2.05, 4.69) is 54.0 Å². The first-order valence-corrected chi connectivity index (χ1v) is 8.21. The van der Waals surface area contributed by atoms with Crippen molar-refractivity contribution >= 4 is 16.8 Å². The molecule has 124 valence electrons. The summed E-state index contributed by atoms with van der Waals surface area (Å²) in [5.41, 5.74) is 2.97. The summed E-state index contributed by atoms with van der Waals surface area (Å²) in [5, 5.41) is 5.23. The lowest BCUT2D eigenvalue weighted by atomic mass is 9.86. The van der Waals surface area contributed by atoms with Gasteiger partial charge in [-0.15, -0.1) is 0 Å². The smallest absolute Gasteiger partial charge is 0.270 e. The first kappa shape index (κ1) is 14.9. The molecular weight excluding hydrogens is 302 g/mol. The van der Waals surface area contributed by atoms with Gasteiger partial charge in [0.05, 0.1) is 13.1 Å². The summed E-state index contributed by atoms with van der Waals surface area (Å²) in [7, 11) is 0. The molecule has 0 aliphatic carbocycles. The highest BCUT2D eigenvalue weighted by atomic mass is 16.2. The number of carbonyl (C=O) groups excluding carboxylic acids is 1. The van der Waals surface area contributed by atoms with E-state index in [4.69, 9.17) is 0 Å². The normalized spacial score (nSPS) is 14.9.